The van der Waals surface area contributed by atoms with Crippen LogP contribution in [0.1, 0.15) is 33.4 Å². The van der Waals surface area contributed by atoms with Gasteiger partial charge in [-0.15, -0.1) is 0 Å². The Morgan fingerprint density at radius 3 is 2.04 bits per heavy atom. The number of rotatable bonds is 1. The first-order chi connectivity index (χ1) is 12.1. The smallest absolute Gasteiger partial charge is 0.0991 e. The van der Waals surface area contributed by atoms with Crippen molar-refractivity contribution in [2.75, 3.05) is 0 Å². The van der Waals surface area contributed by atoms with E-state index in [1.54, 1.807) is 0 Å². The molecule has 0 fully saturated rings. The van der Waals surface area contributed by atoms with E-state index in [-0.39, 0.29) is 0 Å². The van der Waals surface area contributed by atoms with Gasteiger partial charge in [-0.1, -0.05) is 47.7 Å². The predicted molar refractivity (Wildman–Crippen MR) is 103 cm³/mol. The van der Waals surface area contributed by atoms with Crippen molar-refractivity contribution >= 4 is 0 Å². The maximum absolute atomic E-state index is 8.91. The zero-order valence-electron chi connectivity index (χ0n) is 14.7. The molecule has 0 bridgehead atoms. The summed E-state index contributed by atoms with van der Waals surface area (Å²) in [5.74, 6) is 6.54. The molecular formula is C24H19N. The number of benzene rings is 3. The fraction of sp³-hybridized carbons (Fsp3) is 0.125. The third-order valence-electron chi connectivity index (χ3n) is 4.27. The summed E-state index contributed by atoms with van der Waals surface area (Å²) in [5, 5.41) is 8.91. The van der Waals surface area contributed by atoms with Crippen LogP contribution in [0.4, 0.5) is 0 Å². The van der Waals surface area contributed by atoms with Gasteiger partial charge in [0.2, 0.25) is 0 Å². The van der Waals surface area contributed by atoms with Crippen molar-refractivity contribution in [3.05, 3.63) is 94.0 Å². The van der Waals surface area contributed by atoms with E-state index in [0.29, 0.717) is 5.56 Å². The standard InChI is InChI=1S/C24H19N/c1-17-4-9-22(18(2)14-17)10-5-20-8-13-24(19(3)15-20)23-11-6-21(16-25)7-12-23/h4,6-9,11-15H,1-3H3. The highest BCUT2D eigenvalue weighted by Gasteiger charge is 2.03. The average molecular weight is 321 g/mol. The van der Waals surface area contributed by atoms with Crippen molar-refractivity contribution < 1.29 is 0 Å². The van der Waals surface area contributed by atoms with Crippen molar-refractivity contribution in [2.24, 2.45) is 0 Å². The van der Waals surface area contributed by atoms with Crippen LogP contribution >= 0.6 is 0 Å². The first-order valence-electron chi connectivity index (χ1n) is 8.27. The summed E-state index contributed by atoms with van der Waals surface area (Å²) in [4.78, 5) is 0. The SMILES string of the molecule is Cc1ccc(C#Cc2ccc(-c3ccc(C#N)cc3)c(C)c2)c(C)c1. The van der Waals surface area contributed by atoms with Crippen LogP contribution in [0.15, 0.2) is 60.7 Å². The van der Waals surface area contributed by atoms with Crippen LogP contribution in [0.3, 0.4) is 0 Å². The fourth-order valence-electron chi connectivity index (χ4n) is 2.88. The molecule has 0 radical (unpaired) electrons. The molecule has 0 aliphatic rings. The van der Waals surface area contributed by atoms with E-state index in [2.05, 4.69) is 75.1 Å². The van der Waals surface area contributed by atoms with Crippen LogP contribution in [0.2, 0.25) is 0 Å². The van der Waals surface area contributed by atoms with Crippen molar-refractivity contribution in [1.29, 1.82) is 5.26 Å². The molecule has 1 heteroatoms. The second kappa shape index (κ2) is 7.08. The molecular weight excluding hydrogens is 302 g/mol. The number of aryl methyl sites for hydroxylation is 3. The summed E-state index contributed by atoms with van der Waals surface area (Å²) < 4.78 is 0. The Balaban J connectivity index is 1.90. The van der Waals surface area contributed by atoms with Crippen LogP contribution in [-0.4, -0.2) is 0 Å². The first kappa shape index (κ1) is 16.6. The summed E-state index contributed by atoms with van der Waals surface area (Å²) in [6, 6.07) is 22.4. The quantitative estimate of drug-likeness (QED) is 0.539. The van der Waals surface area contributed by atoms with Gasteiger partial charge in [0.25, 0.3) is 0 Å². The lowest BCUT2D eigenvalue weighted by Gasteiger charge is -2.07. The summed E-state index contributed by atoms with van der Waals surface area (Å²) >= 11 is 0. The lowest BCUT2D eigenvalue weighted by molar-refractivity contribution is 1.36. The molecule has 1 nitrogen and oxygen atoms in total. The van der Waals surface area contributed by atoms with Gasteiger partial charge in [0.15, 0.2) is 0 Å². The van der Waals surface area contributed by atoms with Gasteiger partial charge >= 0.3 is 0 Å². The van der Waals surface area contributed by atoms with Gasteiger partial charge in [0.1, 0.15) is 0 Å². The van der Waals surface area contributed by atoms with Gasteiger partial charge in [-0.25, -0.2) is 0 Å². The largest absolute Gasteiger partial charge is 0.192 e. The molecule has 25 heavy (non-hydrogen) atoms. The zero-order chi connectivity index (χ0) is 17.8. The third-order valence-corrected chi connectivity index (χ3v) is 4.27. The molecule has 3 aromatic rings. The molecule has 3 aromatic carbocycles. The molecule has 0 aliphatic heterocycles. The molecule has 120 valence electrons. The van der Waals surface area contributed by atoms with E-state index in [1.165, 1.54) is 22.3 Å². The van der Waals surface area contributed by atoms with Crippen molar-refractivity contribution in [3.8, 4) is 29.0 Å². The van der Waals surface area contributed by atoms with Gasteiger partial charge in [0, 0.05) is 11.1 Å². The Hall–Kier alpha value is -3.29. The van der Waals surface area contributed by atoms with Gasteiger partial charge in [-0.2, -0.15) is 5.26 Å². The van der Waals surface area contributed by atoms with Gasteiger partial charge in [0.05, 0.1) is 11.6 Å². The Labute approximate surface area is 149 Å². The van der Waals surface area contributed by atoms with Gasteiger partial charge < -0.3 is 0 Å². The Morgan fingerprint density at radius 1 is 0.680 bits per heavy atom. The van der Waals surface area contributed by atoms with E-state index < -0.39 is 0 Å². The minimum atomic E-state index is 0.678. The normalized spacial score (nSPS) is 9.84. The zero-order valence-corrected chi connectivity index (χ0v) is 14.7. The molecule has 0 N–H and O–H groups in total. The minimum Gasteiger partial charge on any atom is -0.192 e. The van der Waals surface area contributed by atoms with Crippen LogP contribution < -0.4 is 0 Å². The second-order valence-corrected chi connectivity index (χ2v) is 6.29. The molecule has 0 spiro atoms. The number of nitriles is 1. The van der Waals surface area contributed by atoms with E-state index in [4.69, 9.17) is 5.26 Å². The summed E-state index contributed by atoms with van der Waals surface area (Å²) in [6.07, 6.45) is 0. The molecule has 0 amide bonds. The highest BCUT2D eigenvalue weighted by molar-refractivity contribution is 5.69. The van der Waals surface area contributed by atoms with Crippen molar-refractivity contribution in [2.45, 2.75) is 20.8 Å². The second-order valence-electron chi connectivity index (χ2n) is 6.29. The highest BCUT2D eigenvalue weighted by atomic mass is 14.2. The van der Waals surface area contributed by atoms with E-state index in [0.717, 1.165) is 16.7 Å². The third kappa shape index (κ3) is 3.79. The Morgan fingerprint density at radius 2 is 1.40 bits per heavy atom. The Bertz CT molecular complexity index is 1020. The monoisotopic (exact) mass is 321 g/mol. The van der Waals surface area contributed by atoms with Crippen LogP contribution in [-0.2, 0) is 0 Å². The fourth-order valence-corrected chi connectivity index (χ4v) is 2.88. The average Bonchev–Trinajstić information content (AvgIpc) is 2.61. The van der Waals surface area contributed by atoms with Gasteiger partial charge in [-0.3, -0.25) is 0 Å². The topological polar surface area (TPSA) is 23.8 Å². The van der Waals surface area contributed by atoms with Crippen LogP contribution in [0.5, 0.6) is 0 Å². The molecule has 0 unspecified atom stereocenters. The van der Waals surface area contributed by atoms with Crippen LogP contribution in [0, 0.1) is 43.9 Å². The highest BCUT2D eigenvalue weighted by Crippen LogP contribution is 2.24. The van der Waals surface area contributed by atoms with Crippen molar-refractivity contribution in [3.63, 3.8) is 0 Å². The number of hydrogen-bond donors (Lipinski definition) is 0. The molecule has 0 heterocycles. The molecule has 0 aliphatic carbocycles. The molecule has 0 saturated carbocycles. The molecule has 0 aromatic heterocycles. The van der Waals surface area contributed by atoms with E-state index in [1.807, 2.05) is 24.3 Å². The van der Waals surface area contributed by atoms with Crippen LogP contribution in [0.25, 0.3) is 11.1 Å². The van der Waals surface area contributed by atoms with Crippen molar-refractivity contribution in [1.82, 2.24) is 0 Å². The van der Waals surface area contributed by atoms with E-state index in [9.17, 15) is 0 Å². The summed E-state index contributed by atoms with van der Waals surface area (Å²) in [5.41, 5.74) is 8.68. The molecule has 0 saturated heterocycles. The first-order valence-corrected chi connectivity index (χ1v) is 8.27. The van der Waals surface area contributed by atoms with Gasteiger partial charge in [-0.05, 0) is 73.4 Å². The van der Waals surface area contributed by atoms with E-state index >= 15 is 0 Å². The molecule has 0 atom stereocenters. The summed E-state index contributed by atoms with van der Waals surface area (Å²) in [6.45, 7) is 6.28. The predicted octanol–water partition coefficient (Wildman–Crippen LogP) is 5.55. The maximum atomic E-state index is 8.91. The summed E-state index contributed by atoms with van der Waals surface area (Å²) in [7, 11) is 0. The minimum absolute atomic E-state index is 0.678. The number of nitrogens with zero attached hydrogens (tertiary/aromatic N) is 1. The lowest BCUT2D eigenvalue weighted by Crippen LogP contribution is -1.87. The maximum Gasteiger partial charge on any atom is 0.0991 e. The Kier molecular flexibility index (Phi) is 4.69. The molecule has 3 rings (SSSR count). The lowest BCUT2D eigenvalue weighted by atomic mass is 9.97. The number of hydrogen-bond acceptors (Lipinski definition) is 1.